The summed E-state index contributed by atoms with van der Waals surface area (Å²) in [5, 5.41) is 0.483. The number of carbonyl (C=O) groups excluding carboxylic acids is 2. The molecule has 0 aliphatic rings. The Morgan fingerprint density at radius 1 is 1.03 bits per heavy atom. The number of benzene rings is 2. The number of H-pyrrole nitrogens is 1. The summed E-state index contributed by atoms with van der Waals surface area (Å²) < 4.78 is 11.5. The molecule has 172 valence electrons. The molecule has 0 amide bonds. The number of hydrogen-bond donors (Lipinski definition) is 1. The summed E-state index contributed by atoms with van der Waals surface area (Å²) in [5.41, 5.74) is 0.451. The summed E-state index contributed by atoms with van der Waals surface area (Å²) in [5.74, 6) is -0.498. The van der Waals surface area contributed by atoms with E-state index in [-0.39, 0.29) is 5.60 Å². The van der Waals surface area contributed by atoms with Gasteiger partial charge in [0.05, 0.1) is 11.0 Å². The molecule has 2 aromatic carbocycles. The molecule has 8 heteroatoms. The van der Waals surface area contributed by atoms with Crippen molar-refractivity contribution in [2.24, 2.45) is 0 Å². The average Bonchev–Trinajstić information content (AvgIpc) is 2.96. The van der Waals surface area contributed by atoms with Gasteiger partial charge in [0, 0.05) is 5.02 Å². The summed E-state index contributed by atoms with van der Waals surface area (Å²) in [6.07, 6.45) is 0. The van der Waals surface area contributed by atoms with Crippen molar-refractivity contribution in [3.05, 3.63) is 69.6 Å². The summed E-state index contributed by atoms with van der Waals surface area (Å²) in [6, 6.07) is 13.2. The van der Waals surface area contributed by atoms with Crippen LogP contribution >= 0.6 is 11.6 Å². The molecule has 0 spiro atoms. The minimum absolute atomic E-state index is 0.318. The lowest BCUT2D eigenvalue weighted by atomic mass is 10.1. The van der Waals surface area contributed by atoms with Crippen LogP contribution in [0.1, 0.15) is 53.1 Å². The van der Waals surface area contributed by atoms with E-state index in [1.807, 2.05) is 39.0 Å². The second-order valence-electron chi connectivity index (χ2n) is 9.13. The van der Waals surface area contributed by atoms with Crippen molar-refractivity contribution in [3.63, 3.8) is 0 Å². The van der Waals surface area contributed by atoms with Crippen molar-refractivity contribution in [2.45, 2.75) is 58.8 Å². The van der Waals surface area contributed by atoms with E-state index >= 15 is 0 Å². The van der Waals surface area contributed by atoms with Gasteiger partial charge in [-0.15, -0.1) is 0 Å². The third kappa shape index (κ3) is 6.99. The molecule has 0 radical (unpaired) electrons. The smallest absolute Gasteiger partial charge is 0.334 e. The second-order valence-corrected chi connectivity index (χ2v) is 9.57. The molecule has 0 aliphatic heterocycles. The van der Waals surface area contributed by atoms with Gasteiger partial charge in [-0.2, -0.15) is 0 Å². The second kappa shape index (κ2) is 10.0. The molecule has 0 saturated carbocycles. The van der Waals surface area contributed by atoms with Crippen LogP contribution in [0.3, 0.4) is 0 Å². The quantitative estimate of drug-likeness (QED) is 0.443. The lowest BCUT2D eigenvalue weighted by Crippen LogP contribution is -2.34. The Hall–Kier alpha value is -3.06. The maximum Gasteiger partial charge on any atom is 0.334 e. The van der Waals surface area contributed by atoms with E-state index in [0.717, 1.165) is 0 Å². The molecule has 32 heavy (non-hydrogen) atoms. The normalized spacial score (nSPS) is 12.5. The number of nitrogens with zero attached hydrogens (tertiary/aromatic N) is 1. The highest BCUT2D eigenvalue weighted by molar-refractivity contribution is 6.31. The molecule has 3 aromatic rings. The summed E-state index contributed by atoms with van der Waals surface area (Å²) in [4.78, 5) is 37.9. The highest BCUT2D eigenvalue weighted by Crippen LogP contribution is 2.26. The van der Waals surface area contributed by atoms with Crippen LogP contribution < -0.4 is 5.69 Å². The third-order valence-electron chi connectivity index (χ3n) is 4.08. The van der Waals surface area contributed by atoms with Gasteiger partial charge < -0.3 is 14.5 Å². The highest BCUT2D eigenvalue weighted by atomic mass is 35.5. The van der Waals surface area contributed by atoms with Gasteiger partial charge in [-0.25, -0.2) is 9.59 Å². The van der Waals surface area contributed by atoms with Gasteiger partial charge in [-0.3, -0.25) is 9.36 Å². The molecule has 1 atom stereocenters. The zero-order valence-corrected chi connectivity index (χ0v) is 19.9. The Labute approximate surface area is 192 Å². The standard InChI is InChI=1S/C19H19ClN2O3.C5H10O2/c1-19(2,3)25-17(23)16(12-7-5-4-6-8-12)22-15-11-13(20)9-10-14(15)21-18(22)24;1-5(2,3)7-4-6/h4-11,16H,1-3H3,(H,21,24);4H,1-3H3. The average molecular weight is 461 g/mol. The van der Waals surface area contributed by atoms with Crippen LogP contribution in [0, 0.1) is 0 Å². The van der Waals surface area contributed by atoms with Gasteiger partial charge in [0.25, 0.3) is 6.47 Å². The van der Waals surface area contributed by atoms with Crippen molar-refractivity contribution in [1.29, 1.82) is 0 Å². The van der Waals surface area contributed by atoms with E-state index in [1.54, 1.807) is 51.1 Å². The van der Waals surface area contributed by atoms with Crippen molar-refractivity contribution in [2.75, 3.05) is 0 Å². The number of nitrogens with one attached hydrogen (secondary N) is 1. The Morgan fingerprint density at radius 2 is 1.66 bits per heavy atom. The van der Waals surface area contributed by atoms with Gasteiger partial charge >= 0.3 is 11.7 Å². The van der Waals surface area contributed by atoms with Crippen LogP contribution in [-0.2, 0) is 19.1 Å². The number of carbonyl (C=O) groups is 2. The Balaban J connectivity index is 0.000000451. The van der Waals surface area contributed by atoms with Crippen molar-refractivity contribution in [1.82, 2.24) is 9.55 Å². The third-order valence-corrected chi connectivity index (χ3v) is 4.32. The number of rotatable bonds is 4. The Morgan fingerprint density at radius 3 is 2.16 bits per heavy atom. The van der Waals surface area contributed by atoms with Crippen molar-refractivity contribution < 1.29 is 19.1 Å². The molecule has 7 nitrogen and oxygen atoms in total. The van der Waals surface area contributed by atoms with E-state index in [1.165, 1.54) is 4.57 Å². The number of aromatic nitrogens is 2. The molecule has 0 aliphatic carbocycles. The molecule has 1 heterocycles. The van der Waals surface area contributed by atoms with Gasteiger partial charge in [0.2, 0.25) is 0 Å². The van der Waals surface area contributed by atoms with Crippen LogP contribution in [0.25, 0.3) is 11.0 Å². The fourth-order valence-corrected chi connectivity index (χ4v) is 3.05. The number of esters is 1. The molecule has 1 aromatic heterocycles. The van der Waals surface area contributed by atoms with Crippen LogP contribution in [0.15, 0.2) is 53.3 Å². The number of ether oxygens (including phenoxy) is 2. The Bertz CT molecular complexity index is 1120. The minimum atomic E-state index is -0.903. The molecule has 1 N–H and O–H groups in total. The summed E-state index contributed by atoms with van der Waals surface area (Å²) >= 11 is 6.09. The molecule has 0 bridgehead atoms. The lowest BCUT2D eigenvalue weighted by Gasteiger charge is -2.25. The van der Waals surface area contributed by atoms with E-state index in [4.69, 9.17) is 16.3 Å². The maximum absolute atomic E-state index is 12.9. The summed E-state index contributed by atoms with van der Waals surface area (Å²) in [7, 11) is 0. The van der Waals surface area contributed by atoms with Gasteiger partial charge in [-0.05, 0) is 65.3 Å². The van der Waals surface area contributed by atoms with Crippen LogP contribution in [0.2, 0.25) is 5.02 Å². The largest absolute Gasteiger partial charge is 0.462 e. The Kier molecular flexibility index (Phi) is 7.91. The first-order valence-corrected chi connectivity index (χ1v) is 10.5. The van der Waals surface area contributed by atoms with E-state index in [0.29, 0.717) is 28.1 Å². The lowest BCUT2D eigenvalue weighted by molar-refractivity contribution is -0.157. The molecule has 3 rings (SSSR count). The predicted octanol–water partition coefficient (Wildman–Crippen LogP) is 4.87. The number of aromatic amines is 1. The van der Waals surface area contributed by atoms with Crippen molar-refractivity contribution >= 4 is 35.1 Å². The number of hydrogen-bond acceptors (Lipinski definition) is 5. The fraction of sp³-hybridized carbons (Fsp3) is 0.375. The first kappa shape index (κ1) is 25.2. The molecular formula is C24H29ClN2O5. The monoisotopic (exact) mass is 460 g/mol. The molecule has 0 fully saturated rings. The van der Waals surface area contributed by atoms with Crippen LogP contribution in [0.4, 0.5) is 0 Å². The summed E-state index contributed by atoms with van der Waals surface area (Å²) in [6.45, 7) is 11.3. The van der Waals surface area contributed by atoms with Crippen LogP contribution in [0.5, 0.6) is 0 Å². The zero-order chi connectivity index (χ0) is 24.1. The topological polar surface area (TPSA) is 90.4 Å². The highest BCUT2D eigenvalue weighted by Gasteiger charge is 2.30. The SMILES string of the molecule is CC(C)(C)OC(=O)C(c1ccccc1)n1c(=O)[nH]c2ccc(Cl)cc21.CC(C)(C)OC=O. The number of fused-ring (bicyclic) bond motifs is 1. The van der Waals surface area contributed by atoms with E-state index < -0.39 is 23.3 Å². The maximum atomic E-state index is 12.9. The van der Waals surface area contributed by atoms with E-state index in [9.17, 15) is 14.4 Å². The molecule has 0 saturated heterocycles. The van der Waals surface area contributed by atoms with Gasteiger partial charge in [0.1, 0.15) is 11.2 Å². The predicted molar refractivity (Wildman–Crippen MR) is 125 cm³/mol. The molecular weight excluding hydrogens is 432 g/mol. The van der Waals surface area contributed by atoms with Gasteiger partial charge in [-0.1, -0.05) is 41.9 Å². The first-order chi connectivity index (χ1) is 14.8. The van der Waals surface area contributed by atoms with Gasteiger partial charge in [0.15, 0.2) is 6.04 Å². The number of imidazole rings is 1. The molecule has 1 unspecified atom stereocenters. The fourth-order valence-electron chi connectivity index (χ4n) is 2.88. The number of halogens is 1. The van der Waals surface area contributed by atoms with E-state index in [2.05, 4.69) is 9.72 Å². The first-order valence-electron chi connectivity index (χ1n) is 10.1. The van der Waals surface area contributed by atoms with Crippen molar-refractivity contribution in [3.8, 4) is 0 Å². The zero-order valence-electron chi connectivity index (χ0n) is 19.1. The minimum Gasteiger partial charge on any atom is -0.462 e. The van der Waals surface area contributed by atoms with Crippen LogP contribution in [-0.4, -0.2) is 33.2 Å².